The lowest BCUT2D eigenvalue weighted by molar-refractivity contribution is -0.137. The predicted octanol–water partition coefficient (Wildman–Crippen LogP) is 3.55. The summed E-state index contributed by atoms with van der Waals surface area (Å²) in [4.78, 5) is 17.0. The number of ether oxygens (including phenoxy) is 2. The van der Waals surface area contributed by atoms with E-state index in [0.717, 1.165) is 36.3 Å². The number of hydrogen-bond donors (Lipinski definition) is 1. The lowest BCUT2D eigenvalue weighted by atomic mass is 10.1. The molecule has 2 aromatic carbocycles. The Hall–Kier alpha value is -2.78. The van der Waals surface area contributed by atoms with E-state index in [1.165, 1.54) is 12.1 Å². The van der Waals surface area contributed by atoms with Gasteiger partial charge < -0.3 is 14.8 Å². The summed E-state index contributed by atoms with van der Waals surface area (Å²) in [5.41, 5.74) is 1.12. The molecule has 0 aliphatic carbocycles. The van der Waals surface area contributed by atoms with Crippen LogP contribution in [0.5, 0.6) is 11.5 Å². The molecule has 1 N–H and O–H groups in total. The molecule has 0 saturated carbocycles. The topological polar surface area (TPSA) is 54.0 Å². The lowest BCUT2D eigenvalue weighted by Gasteiger charge is -2.37. The molecule has 0 aromatic heterocycles. The summed E-state index contributed by atoms with van der Waals surface area (Å²) in [6.07, 6.45) is -4.32. The number of amides is 1. The quantitative estimate of drug-likeness (QED) is 0.647. The zero-order valence-electron chi connectivity index (χ0n) is 19.1. The average molecular weight is 466 g/mol. The Labute approximate surface area is 192 Å². The van der Waals surface area contributed by atoms with Crippen molar-refractivity contribution in [2.24, 2.45) is 0 Å². The molecular weight excluding hydrogens is 435 g/mol. The van der Waals surface area contributed by atoms with Gasteiger partial charge in [-0.3, -0.25) is 14.6 Å². The standard InChI is InChI=1S/C24H30F3N3O3/c1-17(23(31)28-15-19-6-9-21(32-2)22(14-19)33-3)30-12-10-29(11-13-30)16-18-4-7-20(8-5-18)24(25,26)27/h4-9,14,17H,10-13,15-16H2,1-3H3,(H,28,31). The van der Waals surface area contributed by atoms with Gasteiger partial charge in [-0.15, -0.1) is 0 Å². The summed E-state index contributed by atoms with van der Waals surface area (Å²) < 4.78 is 48.7. The van der Waals surface area contributed by atoms with Crippen LogP contribution in [-0.4, -0.2) is 62.1 Å². The fraction of sp³-hybridized carbons (Fsp3) is 0.458. The number of nitrogens with one attached hydrogen (secondary N) is 1. The van der Waals surface area contributed by atoms with Gasteiger partial charge in [0.05, 0.1) is 25.8 Å². The van der Waals surface area contributed by atoms with Gasteiger partial charge in [0.15, 0.2) is 11.5 Å². The summed E-state index contributed by atoms with van der Waals surface area (Å²) in [6, 6.07) is 10.5. The summed E-state index contributed by atoms with van der Waals surface area (Å²) in [5, 5.41) is 2.97. The molecule has 3 rings (SSSR count). The van der Waals surface area contributed by atoms with Crippen LogP contribution in [0.1, 0.15) is 23.6 Å². The predicted molar refractivity (Wildman–Crippen MR) is 119 cm³/mol. The number of hydrogen-bond acceptors (Lipinski definition) is 5. The Bertz CT molecular complexity index is 927. The minimum Gasteiger partial charge on any atom is -0.493 e. The van der Waals surface area contributed by atoms with Crippen LogP contribution in [0.25, 0.3) is 0 Å². The van der Waals surface area contributed by atoms with E-state index >= 15 is 0 Å². The molecule has 1 aliphatic heterocycles. The van der Waals surface area contributed by atoms with Crippen LogP contribution in [0, 0.1) is 0 Å². The van der Waals surface area contributed by atoms with E-state index < -0.39 is 11.7 Å². The highest BCUT2D eigenvalue weighted by atomic mass is 19.4. The molecule has 9 heteroatoms. The van der Waals surface area contributed by atoms with Gasteiger partial charge in [-0.25, -0.2) is 0 Å². The molecular formula is C24H30F3N3O3. The van der Waals surface area contributed by atoms with Crippen molar-refractivity contribution < 1.29 is 27.4 Å². The third-order valence-electron chi connectivity index (χ3n) is 5.94. The second kappa shape index (κ2) is 10.9. The number of benzene rings is 2. The van der Waals surface area contributed by atoms with Crippen LogP contribution >= 0.6 is 0 Å². The first-order valence-electron chi connectivity index (χ1n) is 10.8. The van der Waals surface area contributed by atoms with Gasteiger partial charge in [0.1, 0.15) is 0 Å². The van der Waals surface area contributed by atoms with Crippen molar-refractivity contribution in [2.75, 3.05) is 40.4 Å². The van der Waals surface area contributed by atoms with E-state index in [9.17, 15) is 18.0 Å². The van der Waals surface area contributed by atoms with Gasteiger partial charge in [-0.2, -0.15) is 13.2 Å². The molecule has 2 aromatic rings. The zero-order valence-corrected chi connectivity index (χ0v) is 19.1. The van der Waals surface area contributed by atoms with Crippen LogP contribution in [0.15, 0.2) is 42.5 Å². The highest BCUT2D eigenvalue weighted by Gasteiger charge is 2.30. The first-order chi connectivity index (χ1) is 15.7. The first kappa shape index (κ1) is 24.9. The highest BCUT2D eigenvalue weighted by molar-refractivity contribution is 5.81. The molecule has 6 nitrogen and oxygen atoms in total. The largest absolute Gasteiger partial charge is 0.493 e. The molecule has 0 radical (unpaired) electrons. The molecule has 1 amide bonds. The SMILES string of the molecule is COc1ccc(CNC(=O)C(C)N2CCN(Cc3ccc(C(F)(F)F)cc3)CC2)cc1OC. The van der Waals surface area contributed by atoms with Crippen molar-refractivity contribution in [3.63, 3.8) is 0 Å². The molecule has 1 unspecified atom stereocenters. The zero-order chi connectivity index (χ0) is 24.0. The van der Waals surface area contributed by atoms with Crippen molar-refractivity contribution in [1.82, 2.24) is 15.1 Å². The molecule has 1 fully saturated rings. The fourth-order valence-electron chi connectivity index (χ4n) is 3.86. The summed E-state index contributed by atoms with van der Waals surface area (Å²) in [5.74, 6) is 1.19. The van der Waals surface area contributed by atoms with Crippen molar-refractivity contribution >= 4 is 5.91 Å². The number of alkyl halides is 3. The lowest BCUT2D eigenvalue weighted by Crippen LogP contribution is -2.53. The van der Waals surface area contributed by atoms with E-state index in [2.05, 4.69) is 15.1 Å². The minimum absolute atomic E-state index is 0.0547. The third-order valence-corrected chi connectivity index (χ3v) is 5.94. The number of methoxy groups -OCH3 is 2. The molecule has 33 heavy (non-hydrogen) atoms. The number of carbonyl (C=O) groups is 1. The average Bonchev–Trinajstić information content (AvgIpc) is 2.82. The van der Waals surface area contributed by atoms with Crippen LogP contribution in [0.4, 0.5) is 13.2 Å². The maximum Gasteiger partial charge on any atom is 0.416 e. The number of carbonyl (C=O) groups excluding carboxylic acids is 1. The molecule has 1 aliphatic rings. The van der Waals surface area contributed by atoms with Crippen LogP contribution in [0.2, 0.25) is 0 Å². The van der Waals surface area contributed by atoms with E-state index in [0.29, 0.717) is 37.7 Å². The summed E-state index contributed by atoms with van der Waals surface area (Å²) in [6.45, 7) is 5.78. The molecule has 180 valence electrons. The number of halogens is 3. The summed E-state index contributed by atoms with van der Waals surface area (Å²) in [7, 11) is 3.14. The smallest absolute Gasteiger partial charge is 0.416 e. The molecule has 0 bridgehead atoms. The fourth-order valence-corrected chi connectivity index (χ4v) is 3.86. The van der Waals surface area contributed by atoms with Crippen molar-refractivity contribution in [2.45, 2.75) is 32.2 Å². The molecule has 1 atom stereocenters. The van der Waals surface area contributed by atoms with Gasteiger partial charge in [0.2, 0.25) is 5.91 Å². The minimum atomic E-state index is -4.32. The first-order valence-corrected chi connectivity index (χ1v) is 10.8. The Morgan fingerprint density at radius 1 is 0.970 bits per heavy atom. The van der Waals surface area contributed by atoms with Crippen LogP contribution < -0.4 is 14.8 Å². The van der Waals surface area contributed by atoms with E-state index in [-0.39, 0.29) is 11.9 Å². The second-order valence-corrected chi connectivity index (χ2v) is 8.09. The number of nitrogens with zero attached hydrogens (tertiary/aromatic N) is 2. The molecule has 1 heterocycles. The monoisotopic (exact) mass is 465 g/mol. The Morgan fingerprint density at radius 2 is 1.58 bits per heavy atom. The third kappa shape index (κ3) is 6.61. The van der Waals surface area contributed by atoms with Gasteiger partial charge in [0, 0.05) is 39.3 Å². The Kier molecular flexibility index (Phi) is 8.20. The van der Waals surface area contributed by atoms with Crippen molar-refractivity contribution in [3.8, 4) is 11.5 Å². The number of rotatable bonds is 8. The van der Waals surface area contributed by atoms with Crippen LogP contribution in [0.3, 0.4) is 0 Å². The van der Waals surface area contributed by atoms with Gasteiger partial charge in [-0.05, 0) is 42.3 Å². The molecule has 1 saturated heterocycles. The molecule has 0 spiro atoms. The number of piperazine rings is 1. The maximum absolute atomic E-state index is 12.7. The Morgan fingerprint density at radius 3 is 2.15 bits per heavy atom. The highest BCUT2D eigenvalue weighted by Crippen LogP contribution is 2.29. The van der Waals surface area contributed by atoms with Gasteiger partial charge >= 0.3 is 6.18 Å². The van der Waals surface area contributed by atoms with E-state index in [4.69, 9.17) is 9.47 Å². The van der Waals surface area contributed by atoms with Gasteiger partial charge in [0.25, 0.3) is 0 Å². The van der Waals surface area contributed by atoms with E-state index in [1.807, 2.05) is 19.1 Å². The van der Waals surface area contributed by atoms with Gasteiger partial charge in [-0.1, -0.05) is 18.2 Å². The second-order valence-electron chi connectivity index (χ2n) is 8.09. The normalized spacial score (nSPS) is 16.3. The Balaban J connectivity index is 1.45. The maximum atomic E-state index is 12.7. The van der Waals surface area contributed by atoms with Crippen molar-refractivity contribution in [1.29, 1.82) is 0 Å². The van der Waals surface area contributed by atoms with Crippen LogP contribution in [-0.2, 0) is 24.1 Å². The van der Waals surface area contributed by atoms with E-state index in [1.54, 1.807) is 20.3 Å². The van der Waals surface area contributed by atoms with Crippen molar-refractivity contribution in [3.05, 3.63) is 59.2 Å². The summed E-state index contributed by atoms with van der Waals surface area (Å²) >= 11 is 0.